The molecule has 162 valence electrons. The first-order valence-electron chi connectivity index (χ1n) is 9.63. The second kappa shape index (κ2) is 9.86. The number of likely N-dealkylation sites (N-methyl/N-ethyl adjacent to an activating group) is 1. The van der Waals surface area contributed by atoms with Gasteiger partial charge in [-0.15, -0.1) is 0 Å². The number of anilines is 2. The van der Waals surface area contributed by atoms with E-state index in [4.69, 9.17) is 4.74 Å². The van der Waals surface area contributed by atoms with Gasteiger partial charge in [0.2, 0.25) is 0 Å². The first-order valence-corrected chi connectivity index (χ1v) is 9.63. The lowest BCUT2D eigenvalue weighted by atomic mass is 10.2. The van der Waals surface area contributed by atoms with Crippen LogP contribution in [0, 0.1) is 5.82 Å². The molecule has 1 aromatic heterocycles. The molecule has 0 aliphatic heterocycles. The van der Waals surface area contributed by atoms with Crippen molar-refractivity contribution in [3.8, 4) is 11.5 Å². The van der Waals surface area contributed by atoms with Crippen LogP contribution in [0.25, 0.3) is 0 Å². The maximum absolute atomic E-state index is 13.2. The van der Waals surface area contributed by atoms with E-state index in [9.17, 15) is 14.0 Å². The maximum Gasteiger partial charge on any atom is 0.294 e. The predicted octanol–water partition coefficient (Wildman–Crippen LogP) is 2.75. The molecule has 0 aliphatic carbocycles. The Hall–Kier alpha value is -3.72. The Morgan fingerprint density at radius 1 is 1.19 bits per heavy atom. The molecule has 0 aliphatic rings. The molecule has 0 spiro atoms. The van der Waals surface area contributed by atoms with Crippen LogP contribution < -0.4 is 20.9 Å². The van der Waals surface area contributed by atoms with Crippen LogP contribution in [0.5, 0.6) is 11.5 Å². The zero-order valence-corrected chi connectivity index (χ0v) is 17.6. The first kappa shape index (κ1) is 22.0. The highest BCUT2D eigenvalue weighted by Crippen LogP contribution is 2.28. The minimum absolute atomic E-state index is 0.145. The molecule has 9 heteroatoms. The first-order chi connectivity index (χ1) is 14.8. The standard InChI is InChI=1S/C22H24FN5O3/c1-27(2)12-11-24-21(29)15-5-4-6-17(13-15)26-20-19(14-25-28(3)22(20)30)31-18-9-7-16(23)8-10-18/h4-10,13-14,26H,11-12H2,1-3H3,(H,24,29). The molecule has 0 bridgehead atoms. The topological polar surface area (TPSA) is 88.5 Å². The fourth-order valence-electron chi connectivity index (χ4n) is 2.72. The van der Waals surface area contributed by atoms with Crippen LogP contribution >= 0.6 is 0 Å². The molecule has 0 radical (unpaired) electrons. The van der Waals surface area contributed by atoms with Gasteiger partial charge in [-0.2, -0.15) is 5.10 Å². The molecule has 0 saturated carbocycles. The maximum atomic E-state index is 13.2. The van der Waals surface area contributed by atoms with E-state index in [-0.39, 0.29) is 17.3 Å². The predicted molar refractivity (Wildman–Crippen MR) is 117 cm³/mol. The minimum atomic E-state index is -0.416. The number of rotatable bonds is 8. The molecule has 0 unspecified atom stereocenters. The number of nitrogens with one attached hydrogen (secondary N) is 2. The van der Waals surface area contributed by atoms with E-state index in [1.54, 1.807) is 24.3 Å². The summed E-state index contributed by atoms with van der Waals surface area (Å²) in [6, 6.07) is 12.2. The number of benzene rings is 2. The molecule has 2 N–H and O–H groups in total. The summed E-state index contributed by atoms with van der Waals surface area (Å²) in [5.41, 5.74) is 0.718. The Bertz CT molecular complexity index is 1110. The molecule has 3 aromatic rings. The van der Waals surface area contributed by atoms with E-state index in [1.807, 2.05) is 19.0 Å². The van der Waals surface area contributed by atoms with Crippen LogP contribution in [0.1, 0.15) is 10.4 Å². The summed E-state index contributed by atoms with van der Waals surface area (Å²) >= 11 is 0. The Morgan fingerprint density at radius 2 is 1.94 bits per heavy atom. The summed E-state index contributed by atoms with van der Waals surface area (Å²) in [5, 5.41) is 9.86. The van der Waals surface area contributed by atoms with Crippen molar-refractivity contribution in [2.24, 2.45) is 7.05 Å². The van der Waals surface area contributed by atoms with E-state index in [0.29, 0.717) is 23.5 Å². The normalized spacial score (nSPS) is 10.7. The quantitative estimate of drug-likeness (QED) is 0.577. The highest BCUT2D eigenvalue weighted by Gasteiger charge is 2.14. The molecule has 8 nitrogen and oxygen atoms in total. The molecule has 2 aromatic carbocycles. The lowest BCUT2D eigenvalue weighted by Crippen LogP contribution is -2.31. The molecule has 1 amide bonds. The van der Waals surface area contributed by atoms with Gasteiger partial charge in [0, 0.05) is 31.4 Å². The SMILES string of the molecule is CN(C)CCNC(=O)c1cccc(Nc2c(Oc3ccc(F)cc3)cnn(C)c2=O)c1. The van der Waals surface area contributed by atoms with Crippen LogP contribution in [0.3, 0.4) is 0 Å². The van der Waals surface area contributed by atoms with E-state index < -0.39 is 11.4 Å². The lowest BCUT2D eigenvalue weighted by Gasteiger charge is -2.14. The van der Waals surface area contributed by atoms with Crippen molar-refractivity contribution < 1.29 is 13.9 Å². The van der Waals surface area contributed by atoms with Crippen molar-refractivity contribution >= 4 is 17.3 Å². The van der Waals surface area contributed by atoms with Crippen LogP contribution in [0.15, 0.2) is 59.5 Å². The van der Waals surface area contributed by atoms with E-state index >= 15 is 0 Å². The number of amides is 1. The number of aromatic nitrogens is 2. The number of carbonyl (C=O) groups excluding carboxylic acids is 1. The van der Waals surface area contributed by atoms with Crippen LogP contribution in [-0.4, -0.2) is 47.8 Å². The highest BCUT2D eigenvalue weighted by atomic mass is 19.1. The van der Waals surface area contributed by atoms with Gasteiger partial charge in [-0.25, -0.2) is 9.07 Å². The van der Waals surface area contributed by atoms with E-state index in [1.165, 1.54) is 37.5 Å². The fourth-order valence-corrected chi connectivity index (χ4v) is 2.72. The van der Waals surface area contributed by atoms with Gasteiger partial charge in [-0.1, -0.05) is 6.07 Å². The van der Waals surface area contributed by atoms with Gasteiger partial charge < -0.3 is 20.3 Å². The zero-order chi connectivity index (χ0) is 22.4. The summed E-state index contributed by atoms with van der Waals surface area (Å²) in [6.07, 6.45) is 1.39. The van der Waals surface area contributed by atoms with Crippen molar-refractivity contribution in [1.29, 1.82) is 0 Å². The van der Waals surface area contributed by atoms with Crippen molar-refractivity contribution in [1.82, 2.24) is 20.0 Å². The third-order valence-corrected chi connectivity index (χ3v) is 4.38. The average Bonchev–Trinajstić information content (AvgIpc) is 2.75. The fraction of sp³-hybridized carbons (Fsp3) is 0.227. The molecule has 0 atom stereocenters. The number of ether oxygens (including phenoxy) is 1. The number of aryl methyl sites for hydroxylation is 1. The van der Waals surface area contributed by atoms with Gasteiger partial charge in [0.05, 0.1) is 6.20 Å². The summed E-state index contributed by atoms with van der Waals surface area (Å²) in [7, 11) is 5.37. The summed E-state index contributed by atoms with van der Waals surface area (Å²) in [5.74, 6) is -0.0755. The Labute approximate surface area is 179 Å². The summed E-state index contributed by atoms with van der Waals surface area (Å²) in [6.45, 7) is 1.24. The van der Waals surface area contributed by atoms with Gasteiger partial charge in [0.15, 0.2) is 11.4 Å². The highest BCUT2D eigenvalue weighted by molar-refractivity contribution is 5.95. The molecule has 3 rings (SSSR count). The molecular formula is C22H24FN5O3. The largest absolute Gasteiger partial charge is 0.453 e. The van der Waals surface area contributed by atoms with Crippen molar-refractivity contribution in [2.75, 3.05) is 32.5 Å². The van der Waals surface area contributed by atoms with Crippen molar-refractivity contribution in [3.63, 3.8) is 0 Å². The van der Waals surface area contributed by atoms with Gasteiger partial charge in [0.1, 0.15) is 11.6 Å². The zero-order valence-electron chi connectivity index (χ0n) is 17.6. The Morgan fingerprint density at radius 3 is 2.65 bits per heavy atom. The third-order valence-electron chi connectivity index (χ3n) is 4.38. The number of hydrogen-bond acceptors (Lipinski definition) is 6. The molecule has 0 saturated heterocycles. The van der Waals surface area contributed by atoms with Crippen molar-refractivity contribution in [2.45, 2.75) is 0 Å². The van der Waals surface area contributed by atoms with Gasteiger partial charge in [0.25, 0.3) is 11.5 Å². The van der Waals surface area contributed by atoms with Crippen LogP contribution in [-0.2, 0) is 7.05 Å². The Balaban J connectivity index is 1.83. The van der Waals surface area contributed by atoms with E-state index in [0.717, 1.165) is 11.2 Å². The summed E-state index contributed by atoms with van der Waals surface area (Å²) in [4.78, 5) is 27.0. The van der Waals surface area contributed by atoms with Gasteiger partial charge in [-0.3, -0.25) is 9.59 Å². The molecular weight excluding hydrogens is 401 g/mol. The number of carbonyl (C=O) groups is 1. The summed E-state index contributed by atoms with van der Waals surface area (Å²) < 4.78 is 20.1. The van der Waals surface area contributed by atoms with Crippen molar-refractivity contribution in [3.05, 3.63) is 76.5 Å². The smallest absolute Gasteiger partial charge is 0.294 e. The van der Waals surface area contributed by atoms with Crippen LogP contribution in [0.2, 0.25) is 0 Å². The average molecular weight is 425 g/mol. The monoisotopic (exact) mass is 425 g/mol. The van der Waals surface area contributed by atoms with E-state index in [2.05, 4.69) is 15.7 Å². The minimum Gasteiger partial charge on any atom is -0.453 e. The van der Waals surface area contributed by atoms with Crippen LogP contribution in [0.4, 0.5) is 15.8 Å². The lowest BCUT2D eigenvalue weighted by molar-refractivity contribution is 0.0951. The number of halogens is 1. The van der Waals surface area contributed by atoms with Gasteiger partial charge >= 0.3 is 0 Å². The number of hydrogen-bond donors (Lipinski definition) is 2. The van der Waals surface area contributed by atoms with Gasteiger partial charge in [-0.05, 0) is 56.6 Å². The second-order valence-corrected chi connectivity index (χ2v) is 7.13. The molecule has 0 fully saturated rings. The second-order valence-electron chi connectivity index (χ2n) is 7.13. The molecule has 1 heterocycles. The molecule has 31 heavy (non-hydrogen) atoms. The third kappa shape index (κ3) is 5.89. The number of nitrogens with zero attached hydrogens (tertiary/aromatic N) is 3. The Kier molecular flexibility index (Phi) is 6.99.